The summed E-state index contributed by atoms with van der Waals surface area (Å²) in [4.78, 5) is 34.0. The molecule has 0 radical (unpaired) electrons. The number of hydrogen-bond donors (Lipinski definition) is 3. The smallest absolute Gasteiger partial charge is 0.408 e. The van der Waals surface area contributed by atoms with E-state index in [4.69, 9.17) is 9.84 Å². The maximum absolute atomic E-state index is 11.6. The van der Waals surface area contributed by atoms with E-state index < -0.39 is 23.7 Å². The van der Waals surface area contributed by atoms with Crippen molar-refractivity contribution in [1.29, 1.82) is 0 Å². The number of amides is 1. The first kappa shape index (κ1) is 20.4. The van der Waals surface area contributed by atoms with E-state index >= 15 is 0 Å². The number of Topliss-reactive ketones (excluding diaryl/α,β-unsaturated/α-hetero) is 1. The van der Waals surface area contributed by atoms with Gasteiger partial charge >= 0.3 is 12.1 Å². The predicted octanol–water partition coefficient (Wildman–Crippen LogP) is 1.56. The van der Waals surface area contributed by atoms with Crippen LogP contribution in [0, 0.1) is 5.92 Å². The molecular weight excluding hydrogens is 288 g/mol. The van der Waals surface area contributed by atoms with E-state index in [1.807, 2.05) is 13.8 Å². The number of alkyl carbamates (subject to hydrolysis) is 1. The minimum Gasteiger partial charge on any atom is -0.480 e. The molecular formula is C15H28N2O5. The fourth-order valence-electron chi connectivity index (χ4n) is 1.70. The first-order valence-corrected chi connectivity index (χ1v) is 7.46. The molecule has 0 aromatic carbocycles. The van der Waals surface area contributed by atoms with Crippen molar-refractivity contribution in [2.45, 2.75) is 59.1 Å². The van der Waals surface area contributed by atoms with Crippen molar-refractivity contribution in [2.24, 2.45) is 5.92 Å². The summed E-state index contributed by atoms with van der Waals surface area (Å²) >= 11 is 0. The van der Waals surface area contributed by atoms with Crippen molar-refractivity contribution < 1.29 is 24.2 Å². The van der Waals surface area contributed by atoms with Gasteiger partial charge in [-0.25, -0.2) is 4.79 Å². The van der Waals surface area contributed by atoms with Crippen molar-refractivity contribution >= 4 is 17.8 Å². The highest BCUT2D eigenvalue weighted by atomic mass is 16.6. The van der Waals surface area contributed by atoms with Crippen LogP contribution in [0.1, 0.15) is 47.5 Å². The Hall–Kier alpha value is -1.63. The summed E-state index contributed by atoms with van der Waals surface area (Å²) in [6, 6.07) is -0.661. The van der Waals surface area contributed by atoms with Crippen LogP contribution in [0.2, 0.25) is 0 Å². The number of hydrogen-bond acceptors (Lipinski definition) is 5. The van der Waals surface area contributed by atoms with Gasteiger partial charge in [0, 0.05) is 13.0 Å². The monoisotopic (exact) mass is 316 g/mol. The fraction of sp³-hybridized carbons (Fsp3) is 0.800. The van der Waals surface area contributed by atoms with Crippen LogP contribution in [-0.4, -0.2) is 47.7 Å². The molecule has 0 rings (SSSR count). The second-order valence-corrected chi connectivity index (χ2v) is 6.62. The van der Waals surface area contributed by atoms with Gasteiger partial charge in [0.25, 0.3) is 0 Å². The molecule has 3 N–H and O–H groups in total. The average molecular weight is 316 g/mol. The minimum absolute atomic E-state index is 0.126. The van der Waals surface area contributed by atoms with Gasteiger partial charge in [0.15, 0.2) is 5.78 Å². The highest BCUT2D eigenvalue weighted by Crippen LogP contribution is 2.06. The van der Waals surface area contributed by atoms with Crippen LogP contribution in [0.25, 0.3) is 0 Å². The maximum atomic E-state index is 11.6. The zero-order valence-corrected chi connectivity index (χ0v) is 14.1. The van der Waals surface area contributed by atoms with Gasteiger partial charge in [0.05, 0.1) is 6.54 Å². The largest absolute Gasteiger partial charge is 0.480 e. The second kappa shape index (κ2) is 9.40. The van der Waals surface area contributed by atoms with Crippen molar-refractivity contribution in [2.75, 3.05) is 13.1 Å². The number of carboxylic acid groups (broad SMARTS) is 1. The van der Waals surface area contributed by atoms with Crippen molar-refractivity contribution in [1.82, 2.24) is 10.6 Å². The molecule has 0 aliphatic rings. The van der Waals surface area contributed by atoms with E-state index in [-0.39, 0.29) is 31.2 Å². The van der Waals surface area contributed by atoms with Crippen LogP contribution in [0.15, 0.2) is 0 Å². The summed E-state index contributed by atoms with van der Waals surface area (Å²) < 4.78 is 5.01. The Morgan fingerprint density at radius 1 is 1.18 bits per heavy atom. The summed E-state index contributed by atoms with van der Waals surface area (Å²) in [7, 11) is 0. The lowest BCUT2D eigenvalue weighted by Crippen LogP contribution is -2.40. The van der Waals surface area contributed by atoms with Gasteiger partial charge in [0.2, 0.25) is 0 Å². The fourth-order valence-corrected chi connectivity index (χ4v) is 1.70. The van der Waals surface area contributed by atoms with Crippen LogP contribution < -0.4 is 10.6 Å². The quantitative estimate of drug-likeness (QED) is 0.596. The third-order valence-corrected chi connectivity index (χ3v) is 2.63. The summed E-state index contributed by atoms with van der Waals surface area (Å²) in [6.07, 6.45) is 0.00851. The lowest BCUT2D eigenvalue weighted by Gasteiger charge is -2.19. The third kappa shape index (κ3) is 11.1. The van der Waals surface area contributed by atoms with E-state index in [0.29, 0.717) is 6.42 Å². The molecule has 1 atom stereocenters. The topological polar surface area (TPSA) is 105 Å². The number of carbonyl (C=O) groups excluding carboxylic acids is 2. The van der Waals surface area contributed by atoms with Crippen LogP contribution in [0.4, 0.5) is 4.79 Å². The minimum atomic E-state index is -0.923. The molecule has 0 saturated carbocycles. The molecule has 0 bridgehead atoms. The molecule has 0 heterocycles. The molecule has 0 aliphatic carbocycles. The molecule has 0 aromatic rings. The Bertz CT molecular complexity index is 388. The molecule has 128 valence electrons. The number of nitrogens with one attached hydrogen (secondary N) is 2. The Labute approximate surface area is 131 Å². The van der Waals surface area contributed by atoms with Crippen LogP contribution in [0.3, 0.4) is 0 Å². The molecule has 0 aliphatic heterocycles. The highest BCUT2D eigenvalue weighted by molar-refractivity contribution is 5.84. The number of carbonyl (C=O) groups is 3. The Morgan fingerprint density at radius 3 is 2.23 bits per heavy atom. The number of ketones is 1. The first-order chi connectivity index (χ1) is 10.0. The van der Waals surface area contributed by atoms with E-state index in [9.17, 15) is 14.4 Å². The molecule has 0 saturated heterocycles. The lowest BCUT2D eigenvalue weighted by atomic mass is 10.0. The average Bonchev–Trinajstić information content (AvgIpc) is 2.32. The Morgan fingerprint density at radius 2 is 1.77 bits per heavy atom. The van der Waals surface area contributed by atoms with Crippen LogP contribution in [-0.2, 0) is 14.3 Å². The van der Waals surface area contributed by atoms with Gasteiger partial charge in [0.1, 0.15) is 11.6 Å². The number of rotatable bonds is 9. The van der Waals surface area contributed by atoms with E-state index in [1.54, 1.807) is 20.8 Å². The van der Waals surface area contributed by atoms with Crippen molar-refractivity contribution in [3.05, 3.63) is 0 Å². The molecule has 1 amide bonds. The third-order valence-electron chi connectivity index (χ3n) is 2.63. The van der Waals surface area contributed by atoms with Gasteiger partial charge in [-0.05, 0) is 33.1 Å². The van der Waals surface area contributed by atoms with Crippen molar-refractivity contribution in [3.8, 4) is 0 Å². The number of carboxylic acids is 1. The Balaban J connectivity index is 3.98. The summed E-state index contributed by atoms with van der Waals surface area (Å²) in [5.74, 6) is -0.863. The zero-order valence-electron chi connectivity index (χ0n) is 14.1. The molecule has 22 heavy (non-hydrogen) atoms. The molecule has 7 nitrogen and oxygen atoms in total. The molecule has 0 aromatic heterocycles. The Kier molecular flexibility index (Phi) is 8.70. The van der Waals surface area contributed by atoms with E-state index in [2.05, 4.69) is 10.6 Å². The number of aliphatic carboxylic acids is 1. The van der Waals surface area contributed by atoms with Gasteiger partial charge in [-0.2, -0.15) is 0 Å². The van der Waals surface area contributed by atoms with E-state index in [0.717, 1.165) is 0 Å². The molecule has 7 heteroatoms. The second-order valence-electron chi connectivity index (χ2n) is 6.62. The molecule has 0 spiro atoms. The summed E-state index contributed by atoms with van der Waals surface area (Å²) in [5, 5.41) is 14.3. The van der Waals surface area contributed by atoms with Gasteiger partial charge in [-0.1, -0.05) is 13.8 Å². The molecule has 1 unspecified atom stereocenters. The van der Waals surface area contributed by atoms with Crippen LogP contribution >= 0.6 is 0 Å². The summed E-state index contributed by atoms with van der Waals surface area (Å²) in [6.45, 7) is 9.22. The maximum Gasteiger partial charge on any atom is 0.408 e. The van der Waals surface area contributed by atoms with Gasteiger partial charge in [-0.3, -0.25) is 9.59 Å². The first-order valence-electron chi connectivity index (χ1n) is 7.46. The lowest BCUT2D eigenvalue weighted by molar-refractivity contribution is -0.140. The summed E-state index contributed by atoms with van der Waals surface area (Å²) in [5.41, 5.74) is -0.611. The highest BCUT2D eigenvalue weighted by Gasteiger charge is 2.19. The van der Waals surface area contributed by atoms with Crippen molar-refractivity contribution in [3.63, 3.8) is 0 Å². The standard InChI is InChI=1S/C15H28N2O5/c1-10(2)8-12(13(19)20)16-7-6-11(18)9-17-14(21)22-15(3,4)5/h10,12,16H,6-9H2,1-5H3,(H,17,21)(H,19,20). The van der Waals surface area contributed by atoms with Gasteiger partial charge in [-0.15, -0.1) is 0 Å². The molecule has 0 fully saturated rings. The SMILES string of the molecule is CC(C)CC(NCCC(=O)CNC(=O)OC(C)(C)C)C(=O)O. The predicted molar refractivity (Wildman–Crippen MR) is 82.7 cm³/mol. The van der Waals surface area contributed by atoms with Crippen LogP contribution in [0.5, 0.6) is 0 Å². The number of ether oxygens (including phenoxy) is 1. The van der Waals surface area contributed by atoms with E-state index in [1.165, 1.54) is 0 Å². The van der Waals surface area contributed by atoms with Gasteiger partial charge < -0.3 is 20.5 Å². The zero-order chi connectivity index (χ0) is 17.3. The normalized spacial score (nSPS) is 12.8.